The van der Waals surface area contributed by atoms with Gasteiger partial charge in [0.25, 0.3) is 0 Å². The molecule has 106 valence electrons. The summed E-state index contributed by atoms with van der Waals surface area (Å²) in [5.74, 6) is -1.59. The van der Waals surface area contributed by atoms with Crippen LogP contribution in [0.4, 0.5) is 8.78 Å². The van der Waals surface area contributed by atoms with Crippen molar-refractivity contribution < 1.29 is 8.78 Å². The van der Waals surface area contributed by atoms with Gasteiger partial charge in [0, 0.05) is 13.8 Å². The Morgan fingerprint density at radius 2 is 1.80 bits per heavy atom. The summed E-state index contributed by atoms with van der Waals surface area (Å²) < 4.78 is 28.9. The Morgan fingerprint density at radius 1 is 1.10 bits per heavy atom. The molecule has 0 fully saturated rings. The average molecular weight is 469 g/mol. The first-order valence-electron chi connectivity index (χ1n) is 5.92. The number of alkyl halides is 1. The molecule has 0 aliphatic carbocycles. The van der Waals surface area contributed by atoms with Gasteiger partial charge in [-0.3, -0.25) is 0 Å². The van der Waals surface area contributed by atoms with Crippen LogP contribution in [0.5, 0.6) is 0 Å². The highest BCUT2D eigenvalue weighted by molar-refractivity contribution is 9.11. The van der Waals surface area contributed by atoms with Gasteiger partial charge in [-0.25, -0.2) is 8.78 Å². The summed E-state index contributed by atoms with van der Waals surface area (Å²) in [6.07, 6.45) is 0.373. The maximum Gasteiger partial charge on any atom is 0.162 e. The van der Waals surface area contributed by atoms with Crippen LogP contribution in [-0.4, -0.2) is 0 Å². The normalized spacial score (nSPS) is 12.5. The van der Waals surface area contributed by atoms with Crippen LogP contribution in [0.25, 0.3) is 0 Å². The van der Waals surface area contributed by atoms with Gasteiger partial charge in [0.05, 0.1) is 0 Å². The van der Waals surface area contributed by atoms with Crippen LogP contribution in [0.1, 0.15) is 21.5 Å². The van der Waals surface area contributed by atoms with E-state index in [9.17, 15) is 8.78 Å². The van der Waals surface area contributed by atoms with Crippen LogP contribution in [0.3, 0.4) is 0 Å². The topological polar surface area (TPSA) is 0 Å². The van der Waals surface area contributed by atoms with Crippen molar-refractivity contribution in [3.8, 4) is 0 Å². The second-order valence-electron chi connectivity index (χ2n) is 4.51. The summed E-state index contributed by atoms with van der Waals surface area (Å²) >= 11 is 10.5. The van der Waals surface area contributed by atoms with Crippen LogP contribution in [0, 0.1) is 18.6 Å². The molecule has 0 saturated carbocycles. The Bertz CT molecular complexity index is 641. The van der Waals surface area contributed by atoms with Crippen molar-refractivity contribution in [2.75, 3.05) is 0 Å². The van der Waals surface area contributed by atoms with Gasteiger partial charge in [0.2, 0.25) is 0 Å². The summed E-state index contributed by atoms with van der Waals surface area (Å²) in [7, 11) is 0. The van der Waals surface area contributed by atoms with Gasteiger partial charge in [-0.05, 0) is 48.2 Å². The Morgan fingerprint density at radius 3 is 2.50 bits per heavy atom. The van der Waals surface area contributed by atoms with Gasteiger partial charge in [0.1, 0.15) is 0 Å². The lowest BCUT2D eigenvalue weighted by atomic mass is 10.0. The van der Waals surface area contributed by atoms with E-state index >= 15 is 0 Å². The van der Waals surface area contributed by atoms with E-state index in [0.717, 1.165) is 26.1 Å². The molecule has 5 heteroatoms. The first-order valence-corrected chi connectivity index (χ1v) is 8.43. The van der Waals surface area contributed by atoms with Gasteiger partial charge < -0.3 is 0 Å². The molecule has 0 amide bonds. The van der Waals surface area contributed by atoms with E-state index in [1.165, 1.54) is 6.07 Å². The second-order valence-corrected chi connectivity index (χ2v) is 7.32. The van der Waals surface area contributed by atoms with Crippen LogP contribution in [-0.2, 0) is 6.42 Å². The zero-order valence-electron chi connectivity index (χ0n) is 10.6. The molecular formula is C15H11Br3F2. The van der Waals surface area contributed by atoms with Crippen molar-refractivity contribution >= 4 is 47.8 Å². The zero-order chi connectivity index (χ0) is 14.9. The van der Waals surface area contributed by atoms with E-state index in [4.69, 9.17) is 0 Å². The summed E-state index contributed by atoms with van der Waals surface area (Å²) in [4.78, 5) is -0.106. The molecule has 0 nitrogen and oxygen atoms in total. The molecule has 0 spiro atoms. The minimum absolute atomic E-state index is 0.106. The van der Waals surface area contributed by atoms with E-state index in [2.05, 4.69) is 47.8 Å². The molecule has 0 heterocycles. The Labute approximate surface area is 142 Å². The molecule has 0 aromatic heterocycles. The van der Waals surface area contributed by atoms with Gasteiger partial charge in [0.15, 0.2) is 11.6 Å². The summed E-state index contributed by atoms with van der Waals surface area (Å²) in [6, 6.07) is 8.23. The average Bonchev–Trinajstić information content (AvgIpc) is 2.39. The molecule has 0 aliphatic rings. The molecular weight excluding hydrogens is 458 g/mol. The zero-order valence-corrected chi connectivity index (χ0v) is 15.3. The maximum absolute atomic E-state index is 13.7. The van der Waals surface area contributed by atoms with Crippen molar-refractivity contribution in [1.82, 2.24) is 0 Å². The molecule has 20 heavy (non-hydrogen) atoms. The first kappa shape index (κ1) is 16.1. The minimum Gasteiger partial charge on any atom is -0.204 e. The van der Waals surface area contributed by atoms with E-state index in [-0.39, 0.29) is 4.83 Å². The van der Waals surface area contributed by atoms with E-state index < -0.39 is 11.6 Å². The van der Waals surface area contributed by atoms with Crippen molar-refractivity contribution in [3.05, 3.63) is 67.6 Å². The highest BCUT2D eigenvalue weighted by Crippen LogP contribution is 2.36. The molecule has 2 rings (SSSR count). The minimum atomic E-state index is -0.814. The number of hydrogen-bond acceptors (Lipinski definition) is 0. The summed E-state index contributed by atoms with van der Waals surface area (Å²) in [5, 5.41) is 0. The van der Waals surface area contributed by atoms with Gasteiger partial charge in [-0.2, -0.15) is 0 Å². The third-order valence-electron chi connectivity index (χ3n) is 3.05. The van der Waals surface area contributed by atoms with Crippen LogP contribution in [0.2, 0.25) is 0 Å². The smallest absolute Gasteiger partial charge is 0.162 e. The highest BCUT2D eigenvalue weighted by Gasteiger charge is 2.17. The molecule has 2 aromatic carbocycles. The number of rotatable bonds is 3. The number of hydrogen-bond donors (Lipinski definition) is 0. The Hall–Kier alpha value is -0.260. The van der Waals surface area contributed by atoms with Crippen molar-refractivity contribution in [2.24, 2.45) is 0 Å². The first-order chi connectivity index (χ1) is 9.40. The van der Waals surface area contributed by atoms with Gasteiger partial charge >= 0.3 is 0 Å². The number of aryl methyl sites for hydroxylation is 1. The van der Waals surface area contributed by atoms with Gasteiger partial charge in [-0.15, -0.1) is 0 Å². The fourth-order valence-electron chi connectivity index (χ4n) is 1.91. The highest BCUT2D eigenvalue weighted by atomic mass is 79.9. The third-order valence-corrected chi connectivity index (χ3v) is 5.40. The lowest BCUT2D eigenvalue weighted by Crippen LogP contribution is -2.01. The molecule has 0 radical (unpaired) electrons. The molecule has 0 N–H and O–H groups in total. The molecule has 0 saturated heterocycles. The lowest BCUT2D eigenvalue weighted by molar-refractivity contribution is 0.498. The van der Waals surface area contributed by atoms with Gasteiger partial charge in [-0.1, -0.05) is 59.9 Å². The fraction of sp³-hybridized carbons (Fsp3) is 0.200. The second kappa shape index (κ2) is 6.67. The number of halogens is 5. The molecule has 0 bridgehead atoms. The molecule has 1 atom stereocenters. The van der Waals surface area contributed by atoms with E-state index in [1.54, 1.807) is 6.07 Å². The van der Waals surface area contributed by atoms with Crippen LogP contribution < -0.4 is 0 Å². The predicted octanol–water partition coefficient (Wildman–Crippen LogP) is 6.48. The van der Waals surface area contributed by atoms with E-state index in [0.29, 0.717) is 12.0 Å². The lowest BCUT2D eigenvalue weighted by Gasteiger charge is -2.15. The quantitative estimate of drug-likeness (QED) is 0.452. The monoisotopic (exact) mass is 466 g/mol. The van der Waals surface area contributed by atoms with Crippen LogP contribution >= 0.6 is 47.8 Å². The molecule has 0 aliphatic heterocycles. The summed E-state index contributed by atoms with van der Waals surface area (Å²) in [6.45, 7) is 1.99. The van der Waals surface area contributed by atoms with Crippen molar-refractivity contribution in [2.45, 2.75) is 18.2 Å². The SMILES string of the molecule is Cc1cc(Br)c(C(Br)Cc2cccc(F)c2F)cc1Br. The van der Waals surface area contributed by atoms with Crippen molar-refractivity contribution in [1.29, 1.82) is 0 Å². The van der Waals surface area contributed by atoms with Crippen LogP contribution in [0.15, 0.2) is 39.3 Å². The third kappa shape index (κ3) is 3.49. The largest absolute Gasteiger partial charge is 0.204 e. The molecule has 1 unspecified atom stereocenters. The Balaban J connectivity index is 2.31. The predicted molar refractivity (Wildman–Crippen MR) is 88.3 cm³/mol. The maximum atomic E-state index is 13.7. The van der Waals surface area contributed by atoms with E-state index in [1.807, 2.05) is 19.1 Å². The fourth-order valence-corrected chi connectivity index (χ4v) is 4.04. The van der Waals surface area contributed by atoms with Crippen molar-refractivity contribution in [3.63, 3.8) is 0 Å². The number of benzene rings is 2. The summed E-state index contributed by atoms with van der Waals surface area (Å²) in [5.41, 5.74) is 2.46. The Kier molecular flexibility index (Phi) is 5.37. The standard InChI is InChI=1S/C15H11Br3F2/c1-8-5-12(17)10(7-11(8)16)13(18)6-9-3-2-4-14(19)15(9)20/h2-5,7,13H,6H2,1H3. The molecule has 2 aromatic rings.